The predicted molar refractivity (Wildman–Crippen MR) is 90.9 cm³/mol. The van der Waals surface area contributed by atoms with Gasteiger partial charge >= 0.3 is 0 Å². The number of hydrogen-bond donors (Lipinski definition) is 1. The molecule has 1 atom stereocenters. The summed E-state index contributed by atoms with van der Waals surface area (Å²) in [5.74, 6) is 0.732. The molecule has 5 nitrogen and oxygen atoms in total. The number of nitrogens with one attached hydrogen (secondary N) is 1. The third-order valence-corrected chi connectivity index (χ3v) is 4.11. The van der Waals surface area contributed by atoms with Crippen LogP contribution >= 0.6 is 0 Å². The first-order chi connectivity index (χ1) is 10.4. The van der Waals surface area contributed by atoms with Crippen LogP contribution in [-0.4, -0.2) is 50.6 Å². The van der Waals surface area contributed by atoms with Crippen LogP contribution in [0, 0.1) is 6.92 Å². The van der Waals surface area contributed by atoms with Gasteiger partial charge in [0.05, 0.1) is 11.8 Å². The van der Waals surface area contributed by atoms with E-state index >= 15 is 0 Å². The van der Waals surface area contributed by atoms with Gasteiger partial charge in [-0.3, -0.25) is 4.79 Å². The van der Waals surface area contributed by atoms with Crippen LogP contribution in [0.2, 0.25) is 0 Å². The smallest absolute Gasteiger partial charge is 0.211 e. The Kier molecular flexibility index (Phi) is 5.29. The molecule has 1 heterocycles. The number of likely N-dealkylation sites (N-methyl/N-ethyl adjacent to an activating group) is 1. The van der Waals surface area contributed by atoms with Crippen molar-refractivity contribution in [2.75, 3.05) is 37.4 Å². The van der Waals surface area contributed by atoms with E-state index in [1.165, 1.54) is 12.1 Å². The molecule has 0 spiro atoms. The highest BCUT2D eigenvalue weighted by Crippen LogP contribution is 2.35. The number of carbonyl (C=O) groups is 1. The average Bonchev–Trinajstić information content (AvgIpc) is 2.91. The molecule has 0 aliphatic carbocycles. The third-order valence-electron chi connectivity index (χ3n) is 4.11. The van der Waals surface area contributed by atoms with Crippen LogP contribution in [0.5, 0.6) is 5.75 Å². The Labute approximate surface area is 133 Å². The molecule has 22 heavy (non-hydrogen) atoms. The van der Waals surface area contributed by atoms with Gasteiger partial charge in [0.25, 0.3) is 0 Å². The molecule has 0 aromatic heterocycles. The molecule has 1 saturated heterocycles. The highest BCUT2D eigenvalue weighted by molar-refractivity contribution is 5.79. The summed E-state index contributed by atoms with van der Waals surface area (Å²) in [4.78, 5) is 15.5. The first-order valence-electron chi connectivity index (χ1n) is 7.85. The Morgan fingerprint density at radius 3 is 2.68 bits per heavy atom. The maximum atomic E-state index is 10.8. The number of benzene rings is 1. The monoisotopic (exact) mass is 305 g/mol. The van der Waals surface area contributed by atoms with Crippen LogP contribution in [-0.2, 0) is 4.79 Å². The van der Waals surface area contributed by atoms with Crippen molar-refractivity contribution in [3.05, 3.63) is 17.7 Å². The quantitative estimate of drug-likeness (QED) is 0.820. The lowest BCUT2D eigenvalue weighted by atomic mass is 10.1. The number of carbonyl (C=O) groups excluding carboxylic acids is 1. The van der Waals surface area contributed by atoms with E-state index in [1.54, 1.807) is 0 Å². The Hall–Kier alpha value is -1.75. The van der Waals surface area contributed by atoms with E-state index in [4.69, 9.17) is 4.74 Å². The molecule has 2 rings (SSSR count). The van der Waals surface area contributed by atoms with Crippen LogP contribution < -0.4 is 15.0 Å². The van der Waals surface area contributed by atoms with Gasteiger partial charge < -0.3 is 19.9 Å². The second-order valence-corrected chi connectivity index (χ2v) is 6.42. The zero-order valence-electron chi connectivity index (χ0n) is 14.2. The number of rotatable bonds is 6. The summed E-state index contributed by atoms with van der Waals surface area (Å²) >= 11 is 0. The summed E-state index contributed by atoms with van der Waals surface area (Å²) in [7, 11) is 4.26. The molecule has 0 radical (unpaired) electrons. The first-order valence-corrected chi connectivity index (χ1v) is 7.85. The molecular formula is C17H27N3O2. The van der Waals surface area contributed by atoms with Gasteiger partial charge in [0.1, 0.15) is 5.75 Å². The normalized spacial score (nSPS) is 18.1. The van der Waals surface area contributed by atoms with Gasteiger partial charge in [-0.2, -0.15) is 0 Å². The average molecular weight is 305 g/mol. The Bertz CT molecular complexity index is 529. The zero-order valence-corrected chi connectivity index (χ0v) is 14.2. The SMILES string of the molecule is Cc1cc(NC=O)c(OC(C)C)cc1N1CCC(N(C)C)C1. The largest absolute Gasteiger partial charge is 0.489 e. The van der Waals surface area contributed by atoms with Crippen molar-refractivity contribution < 1.29 is 9.53 Å². The number of nitrogens with zero attached hydrogens (tertiary/aromatic N) is 2. The highest BCUT2D eigenvalue weighted by Gasteiger charge is 2.26. The maximum Gasteiger partial charge on any atom is 0.211 e. The van der Waals surface area contributed by atoms with Crippen molar-refractivity contribution in [2.45, 2.75) is 39.3 Å². The number of amides is 1. The molecule has 5 heteroatoms. The fourth-order valence-electron chi connectivity index (χ4n) is 2.93. The first kappa shape index (κ1) is 16.6. The van der Waals surface area contributed by atoms with Crippen LogP contribution in [0.25, 0.3) is 0 Å². The molecule has 0 saturated carbocycles. The van der Waals surface area contributed by atoms with Gasteiger partial charge in [0.15, 0.2) is 0 Å². The maximum absolute atomic E-state index is 10.8. The molecule has 1 aromatic rings. The van der Waals surface area contributed by atoms with Gasteiger partial charge in [0.2, 0.25) is 6.41 Å². The molecule has 1 amide bonds. The Morgan fingerprint density at radius 1 is 1.41 bits per heavy atom. The van der Waals surface area contributed by atoms with E-state index < -0.39 is 0 Å². The van der Waals surface area contributed by atoms with E-state index in [-0.39, 0.29) is 6.10 Å². The summed E-state index contributed by atoms with van der Waals surface area (Å²) in [6.45, 7) is 8.12. The number of ether oxygens (including phenoxy) is 1. The van der Waals surface area contributed by atoms with Crippen molar-refractivity contribution in [3.8, 4) is 5.75 Å². The third kappa shape index (κ3) is 3.71. The topological polar surface area (TPSA) is 44.8 Å². The minimum absolute atomic E-state index is 0.0656. The van der Waals surface area contributed by atoms with E-state index in [2.05, 4.69) is 42.2 Å². The van der Waals surface area contributed by atoms with Gasteiger partial charge in [-0.05, 0) is 52.9 Å². The van der Waals surface area contributed by atoms with Crippen LogP contribution in [0.3, 0.4) is 0 Å². The van der Waals surface area contributed by atoms with Gasteiger partial charge in [-0.25, -0.2) is 0 Å². The standard InChI is InChI=1S/C17H27N3O2/c1-12(2)22-17-9-16(13(3)8-15(17)18-11-21)20-7-6-14(10-20)19(4)5/h8-9,11-12,14H,6-7,10H2,1-5H3,(H,18,21). The second-order valence-electron chi connectivity index (χ2n) is 6.42. The van der Waals surface area contributed by atoms with Gasteiger partial charge in [-0.1, -0.05) is 0 Å². The summed E-state index contributed by atoms with van der Waals surface area (Å²) in [6.07, 6.45) is 1.93. The zero-order chi connectivity index (χ0) is 16.3. The molecule has 1 aliphatic heterocycles. The van der Waals surface area contributed by atoms with E-state index in [0.717, 1.165) is 30.1 Å². The van der Waals surface area contributed by atoms with Crippen molar-refractivity contribution >= 4 is 17.8 Å². The van der Waals surface area contributed by atoms with E-state index in [9.17, 15) is 4.79 Å². The van der Waals surface area contributed by atoms with Gasteiger partial charge in [0, 0.05) is 30.9 Å². The highest BCUT2D eigenvalue weighted by atomic mass is 16.5. The molecule has 122 valence electrons. The molecule has 1 fully saturated rings. The van der Waals surface area contributed by atoms with Crippen LogP contribution in [0.1, 0.15) is 25.8 Å². The fourth-order valence-corrected chi connectivity index (χ4v) is 2.93. The summed E-state index contributed by atoms with van der Waals surface area (Å²) in [6, 6.07) is 4.63. The second kappa shape index (κ2) is 7.01. The lowest BCUT2D eigenvalue weighted by Crippen LogP contribution is -2.31. The Balaban J connectivity index is 2.29. The Morgan fingerprint density at radius 2 is 2.14 bits per heavy atom. The number of anilines is 2. The van der Waals surface area contributed by atoms with Crippen molar-refractivity contribution in [3.63, 3.8) is 0 Å². The molecule has 0 bridgehead atoms. The predicted octanol–water partition coefficient (Wildman–Crippen LogP) is 2.49. The van der Waals surface area contributed by atoms with E-state index in [1.807, 2.05) is 19.9 Å². The molecule has 1 aromatic carbocycles. The van der Waals surface area contributed by atoms with Crippen molar-refractivity contribution in [1.29, 1.82) is 0 Å². The van der Waals surface area contributed by atoms with E-state index in [0.29, 0.717) is 12.5 Å². The van der Waals surface area contributed by atoms with Crippen LogP contribution in [0.4, 0.5) is 11.4 Å². The van der Waals surface area contributed by atoms with Crippen molar-refractivity contribution in [2.24, 2.45) is 0 Å². The molecule has 1 N–H and O–H groups in total. The molecular weight excluding hydrogens is 278 g/mol. The summed E-state index contributed by atoms with van der Waals surface area (Å²) in [5.41, 5.74) is 3.07. The van der Waals surface area contributed by atoms with Crippen molar-refractivity contribution in [1.82, 2.24) is 4.90 Å². The minimum Gasteiger partial charge on any atom is -0.489 e. The summed E-state index contributed by atoms with van der Waals surface area (Å²) in [5, 5.41) is 2.73. The lowest BCUT2D eigenvalue weighted by molar-refractivity contribution is -0.105. The fraction of sp³-hybridized carbons (Fsp3) is 0.588. The minimum atomic E-state index is 0.0656. The molecule has 1 aliphatic rings. The lowest BCUT2D eigenvalue weighted by Gasteiger charge is -2.25. The van der Waals surface area contributed by atoms with Gasteiger partial charge in [-0.15, -0.1) is 0 Å². The number of hydrogen-bond acceptors (Lipinski definition) is 4. The molecule has 1 unspecified atom stereocenters. The van der Waals surface area contributed by atoms with Crippen LogP contribution in [0.15, 0.2) is 12.1 Å². The number of aryl methyl sites for hydroxylation is 1. The summed E-state index contributed by atoms with van der Waals surface area (Å²) < 4.78 is 5.87.